The van der Waals surface area contributed by atoms with E-state index in [0.717, 1.165) is 31.2 Å². The van der Waals surface area contributed by atoms with Crippen LogP contribution in [0.5, 0.6) is 0 Å². The molecule has 1 aromatic rings. The molecule has 8 heteroatoms. The van der Waals surface area contributed by atoms with Gasteiger partial charge in [0, 0.05) is 24.2 Å². The fourth-order valence-corrected chi connectivity index (χ4v) is 4.19. The van der Waals surface area contributed by atoms with E-state index in [-0.39, 0.29) is 29.6 Å². The number of hydrogen-bond acceptors (Lipinski definition) is 4. The number of nitrogens with one attached hydrogen (secondary N) is 3. The number of hydrogen-bond donors (Lipinski definition) is 4. The number of benzene rings is 1. The third-order valence-electron chi connectivity index (χ3n) is 5.47. The summed E-state index contributed by atoms with van der Waals surface area (Å²) in [5.74, 6) is -0.472. The van der Waals surface area contributed by atoms with Gasteiger partial charge in [-0.3, -0.25) is 4.79 Å². The first-order valence-corrected chi connectivity index (χ1v) is 9.96. The van der Waals surface area contributed by atoms with Gasteiger partial charge in [-0.15, -0.1) is 0 Å². The van der Waals surface area contributed by atoms with E-state index in [0.29, 0.717) is 12.1 Å². The van der Waals surface area contributed by atoms with Crippen molar-refractivity contribution in [1.82, 2.24) is 16.0 Å². The Hall–Kier alpha value is -2.77. The van der Waals surface area contributed by atoms with E-state index >= 15 is 0 Å². The Balaban J connectivity index is 1.31. The summed E-state index contributed by atoms with van der Waals surface area (Å²) in [6, 6.07) is 6.94. The number of urea groups is 1. The minimum absolute atomic E-state index is 0.156. The number of nitrogens with two attached hydrogens (primary N) is 1. The maximum Gasteiger partial charge on any atom is 0.407 e. The van der Waals surface area contributed by atoms with Crippen molar-refractivity contribution in [3.05, 3.63) is 35.4 Å². The molecular formula is C21H30N4O4. The van der Waals surface area contributed by atoms with Crippen molar-refractivity contribution in [3.63, 3.8) is 0 Å². The number of alkyl carbamates (subject to hydrolysis) is 1. The maximum atomic E-state index is 12.1. The van der Waals surface area contributed by atoms with Crippen molar-refractivity contribution >= 4 is 18.0 Å². The summed E-state index contributed by atoms with van der Waals surface area (Å²) in [6.45, 7) is 5.92. The smallest absolute Gasteiger partial charge is 0.407 e. The Labute approximate surface area is 170 Å². The number of rotatable bonds is 5. The Bertz CT molecular complexity index is 771. The molecule has 29 heavy (non-hydrogen) atoms. The molecule has 4 amide bonds. The standard InChI is InChI=1S/C21H30N4O4/c1-20(2,3)29-19(28)25-16-10-21(11-16)8-15(9-21)24-18(27)23-12-13-4-6-14(7-5-13)17(22)26/h4-7,15-16H,8-12H2,1-3H3,(H2,22,26)(H,25,28)(H2,23,24,27). The molecule has 0 radical (unpaired) electrons. The third-order valence-corrected chi connectivity index (χ3v) is 5.47. The first-order valence-electron chi connectivity index (χ1n) is 9.96. The van der Waals surface area contributed by atoms with Gasteiger partial charge in [0.2, 0.25) is 5.91 Å². The number of ether oxygens (including phenoxy) is 1. The van der Waals surface area contributed by atoms with E-state index in [2.05, 4.69) is 16.0 Å². The van der Waals surface area contributed by atoms with Gasteiger partial charge in [0.15, 0.2) is 0 Å². The Kier molecular flexibility index (Phi) is 5.73. The van der Waals surface area contributed by atoms with E-state index < -0.39 is 11.5 Å². The van der Waals surface area contributed by atoms with Crippen LogP contribution in [0.15, 0.2) is 24.3 Å². The van der Waals surface area contributed by atoms with Gasteiger partial charge in [-0.1, -0.05) is 12.1 Å². The zero-order valence-electron chi connectivity index (χ0n) is 17.2. The van der Waals surface area contributed by atoms with Gasteiger partial charge in [0.25, 0.3) is 0 Å². The number of carbonyl (C=O) groups excluding carboxylic acids is 3. The topological polar surface area (TPSA) is 123 Å². The first-order chi connectivity index (χ1) is 13.5. The molecule has 2 aliphatic rings. The van der Waals surface area contributed by atoms with Crippen molar-refractivity contribution in [2.24, 2.45) is 11.1 Å². The highest BCUT2D eigenvalue weighted by atomic mass is 16.6. The number of amides is 4. The van der Waals surface area contributed by atoms with Gasteiger partial charge in [-0.05, 0) is 69.6 Å². The fraction of sp³-hybridized carbons (Fsp3) is 0.571. The Morgan fingerprint density at radius 2 is 1.59 bits per heavy atom. The monoisotopic (exact) mass is 402 g/mol. The zero-order valence-corrected chi connectivity index (χ0v) is 17.2. The van der Waals surface area contributed by atoms with Crippen LogP contribution in [-0.4, -0.2) is 35.7 Å². The van der Waals surface area contributed by atoms with E-state index in [1.54, 1.807) is 24.3 Å². The van der Waals surface area contributed by atoms with Crippen molar-refractivity contribution in [2.75, 3.05) is 0 Å². The lowest BCUT2D eigenvalue weighted by molar-refractivity contribution is -0.0294. The minimum Gasteiger partial charge on any atom is -0.444 e. The Morgan fingerprint density at radius 1 is 1.03 bits per heavy atom. The fourth-order valence-electron chi connectivity index (χ4n) is 4.19. The van der Waals surface area contributed by atoms with Gasteiger partial charge in [0.1, 0.15) is 5.60 Å². The minimum atomic E-state index is -0.492. The van der Waals surface area contributed by atoms with Crippen molar-refractivity contribution in [3.8, 4) is 0 Å². The highest BCUT2D eigenvalue weighted by molar-refractivity contribution is 5.92. The summed E-state index contributed by atoms with van der Waals surface area (Å²) >= 11 is 0. The second-order valence-corrected chi connectivity index (χ2v) is 9.24. The first kappa shape index (κ1) is 21.0. The Morgan fingerprint density at radius 3 is 2.10 bits per heavy atom. The van der Waals surface area contributed by atoms with Crippen LogP contribution < -0.4 is 21.7 Å². The van der Waals surface area contributed by atoms with Crippen LogP contribution in [0, 0.1) is 5.41 Å². The van der Waals surface area contributed by atoms with Crippen molar-refractivity contribution in [2.45, 2.75) is 70.7 Å². The largest absolute Gasteiger partial charge is 0.444 e. The molecule has 0 unspecified atom stereocenters. The van der Waals surface area contributed by atoms with Gasteiger partial charge < -0.3 is 26.4 Å². The van der Waals surface area contributed by atoms with Gasteiger partial charge in [-0.25, -0.2) is 9.59 Å². The molecule has 0 aliphatic heterocycles. The van der Waals surface area contributed by atoms with Crippen molar-refractivity contribution < 1.29 is 19.1 Å². The molecule has 1 spiro atoms. The predicted molar refractivity (Wildman–Crippen MR) is 108 cm³/mol. The van der Waals surface area contributed by atoms with E-state index in [1.165, 1.54) is 0 Å². The molecule has 0 saturated heterocycles. The molecule has 3 rings (SSSR count). The van der Waals surface area contributed by atoms with Crippen LogP contribution in [0.1, 0.15) is 62.4 Å². The van der Waals surface area contributed by atoms with Crippen LogP contribution in [0.25, 0.3) is 0 Å². The van der Waals surface area contributed by atoms with Gasteiger partial charge in [-0.2, -0.15) is 0 Å². The van der Waals surface area contributed by atoms with Crippen LogP contribution in [-0.2, 0) is 11.3 Å². The quantitative estimate of drug-likeness (QED) is 0.604. The lowest BCUT2D eigenvalue weighted by Crippen LogP contribution is -2.62. The SMILES string of the molecule is CC(C)(C)OC(=O)NC1CC2(CC(NC(=O)NCc3ccc(C(N)=O)cc3)C2)C1. The second kappa shape index (κ2) is 7.93. The average Bonchev–Trinajstić information content (AvgIpc) is 2.54. The molecule has 1 aromatic carbocycles. The van der Waals surface area contributed by atoms with Crippen LogP contribution >= 0.6 is 0 Å². The molecule has 0 heterocycles. The van der Waals surface area contributed by atoms with Gasteiger partial charge >= 0.3 is 12.1 Å². The lowest BCUT2D eigenvalue weighted by Gasteiger charge is -2.57. The normalized spacial score (nSPS) is 25.3. The van der Waals surface area contributed by atoms with Crippen LogP contribution in [0.2, 0.25) is 0 Å². The summed E-state index contributed by atoms with van der Waals surface area (Å²) in [5.41, 5.74) is 6.29. The summed E-state index contributed by atoms with van der Waals surface area (Å²) < 4.78 is 5.28. The molecule has 0 aromatic heterocycles. The molecule has 2 aliphatic carbocycles. The van der Waals surface area contributed by atoms with E-state index in [4.69, 9.17) is 10.5 Å². The molecular weight excluding hydrogens is 372 g/mol. The number of carbonyl (C=O) groups is 3. The average molecular weight is 402 g/mol. The summed E-state index contributed by atoms with van der Waals surface area (Å²) in [7, 11) is 0. The van der Waals surface area contributed by atoms with Crippen LogP contribution in [0.3, 0.4) is 0 Å². The second-order valence-electron chi connectivity index (χ2n) is 9.24. The molecule has 158 valence electrons. The summed E-state index contributed by atoms with van der Waals surface area (Å²) in [6.07, 6.45) is 3.35. The van der Waals surface area contributed by atoms with Crippen LogP contribution in [0.4, 0.5) is 9.59 Å². The van der Waals surface area contributed by atoms with E-state index in [9.17, 15) is 14.4 Å². The molecule has 5 N–H and O–H groups in total. The molecule has 8 nitrogen and oxygen atoms in total. The highest BCUT2D eigenvalue weighted by Gasteiger charge is 2.53. The number of primary amides is 1. The van der Waals surface area contributed by atoms with Gasteiger partial charge in [0.05, 0.1) is 0 Å². The predicted octanol–water partition coefficient (Wildman–Crippen LogP) is 2.42. The molecule has 0 atom stereocenters. The molecule has 0 bridgehead atoms. The van der Waals surface area contributed by atoms with E-state index in [1.807, 2.05) is 20.8 Å². The lowest BCUT2D eigenvalue weighted by atomic mass is 9.52. The zero-order chi connectivity index (χ0) is 21.2. The van der Waals surface area contributed by atoms with Crippen molar-refractivity contribution in [1.29, 1.82) is 0 Å². The summed E-state index contributed by atoms with van der Waals surface area (Å²) in [4.78, 5) is 35.0. The molecule has 2 saturated carbocycles. The maximum absolute atomic E-state index is 12.1. The third kappa shape index (κ3) is 5.62. The molecule has 2 fully saturated rings. The summed E-state index contributed by atoms with van der Waals surface area (Å²) in [5, 5.41) is 8.73. The highest BCUT2D eigenvalue weighted by Crippen LogP contribution is 2.55.